The number of hydrogen-bond acceptors (Lipinski definition) is 13. The molecule has 4 unspecified atom stereocenters. The van der Waals surface area contributed by atoms with Crippen molar-refractivity contribution in [2.24, 2.45) is 32.7 Å². The fraction of sp³-hybridized carbons (Fsp3) is 0.745. The fourth-order valence-electron chi connectivity index (χ4n) is 12.9. The highest BCUT2D eigenvalue weighted by atomic mass is 33.1. The number of carbonyl (C=O) groups excluding carboxylic acids is 2. The molecule has 5 fully saturated rings. The molecule has 1 saturated heterocycles. The van der Waals surface area contributed by atoms with Crippen molar-refractivity contribution in [1.82, 2.24) is 15.5 Å². The number of nitrogens with zero attached hydrogens (tertiary/aromatic N) is 2. The third kappa shape index (κ3) is 11.9. The van der Waals surface area contributed by atoms with Gasteiger partial charge in [-0.15, -0.1) is 0 Å². The molecule has 12 nitrogen and oxygen atoms in total. The van der Waals surface area contributed by atoms with Crippen molar-refractivity contribution in [2.75, 3.05) is 25.4 Å². The molecule has 7 aliphatic rings. The van der Waals surface area contributed by atoms with Crippen LogP contribution >= 0.6 is 21.6 Å². The van der Waals surface area contributed by atoms with Gasteiger partial charge in [0, 0.05) is 68.1 Å². The number of dihydropyridines is 1. The Morgan fingerprint density at radius 3 is 2.40 bits per heavy atom. The molecule has 8 N–H and O–H groups in total. The lowest BCUT2D eigenvalue weighted by Gasteiger charge is -2.44. The first-order valence-corrected chi connectivity index (χ1v) is 27.6. The monoisotopic (exact) mass is 935 g/mol. The summed E-state index contributed by atoms with van der Waals surface area (Å²) in [6, 6.07) is 3.90. The number of aryl methyl sites for hydroxylation is 1. The molecule has 3 heterocycles. The first kappa shape index (κ1) is 48.2. The Balaban J connectivity index is 1.10. The largest absolute Gasteiger partial charge is 0.504 e. The van der Waals surface area contributed by atoms with E-state index >= 15 is 0 Å². The molecule has 0 radical (unpaired) electrons. The molecule has 1 amide bonds. The maximum Gasteiger partial charge on any atom is 0.302 e. The summed E-state index contributed by atoms with van der Waals surface area (Å²) in [5.74, 6) is 2.45. The highest BCUT2D eigenvalue weighted by Crippen LogP contribution is 2.64. The molecule has 1 aromatic carbocycles. The number of rotatable bonds is 5. The van der Waals surface area contributed by atoms with Gasteiger partial charge in [0.05, 0.1) is 18.0 Å². The van der Waals surface area contributed by atoms with Crippen molar-refractivity contribution in [2.45, 2.75) is 197 Å². The minimum atomic E-state index is -0.573. The van der Waals surface area contributed by atoms with E-state index in [0.717, 1.165) is 61.8 Å². The van der Waals surface area contributed by atoms with Crippen LogP contribution in [-0.4, -0.2) is 81.5 Å². The Morgan fingerprint density at radius 1 is 0.923 bits per heavy atom. The predicted molar refractivity (Wildman–Crippen MR) is 262 cm³/mol. The van der Waals surface area contributed by atoms with Crippen molar-refractivity contribution >= 4 is 39.4 Å². The zero-order valence-electron chi connectivity index (χ0n) is 39.1. The summed E-state index contributed by atoms with van der Waals surface area (Å²) in [4.78, 5) is 33.4. The van der Waals surface area contributed by atoms with E-state index < -0.39 is 17.6 Å². The van der Waals surface area contributed by atoms with E-state index in [1.165, 1.54) is 77.6 Å². The minimum Gasteiger partial charge on any atom is -0.504 e. The van der Waals surface area contributed by atoms with Crippen LogP contribution in [0.4, 0.5) is 0 Å². The summed E-state index contributed by atoms with van der Waals surface area (Å²) in [6.07, 6.45) is 27.8. The van der Waals surface area contributed by atoms with E-state index in [9.17, 15) is 19.8 Å². The lowest BCUT2D eigenvalue weighted by Crippen LogP contribution is -2.55. The number of aliphatic hydroxyl groups is 1. The van der Waals surface area contributed by atoms with Crippen LogP contribution < -0.4 is 26.8 Å². The molecular formula is C51H78N6O6S2. The van der Waals surface area contributed by atoms with E-state index in [1.54, 1.807) is 0 Å². The number of allylic oxidation sites excluding steroid dienone is 2. The number of nitrogens with two attached hydrogens (primary N) is 2. The summed E-state index contributed by atoms with van der Waals surface area (Å²) >= 11 is 0. The quantitative estimate of drug-likeness (QED) is 0.122. The number of aliphatic imine (C=N–C) groups is 1. The van der Waals surface area contributed by atoms with Gasteiger partial charge in [-0.3, -0.25) is 14.6 Å². The molecule has 3 spiro atoms. The number of nitrogens with one attached hydrogen (secondary N) is 2. The summed E-state index contributed by atoms with van der Waals surface area (Å²) in [5.41, 5.74) is 16.0. The molecule has 4 aliphatic carbocycles. The summed E-state index contributed by atoms with van der Waals surface area (Å²) < 4.78 is 12.3. The van der Waals surface area contributed by atoms with Crippen LogP contribution in [0.1, 0.15) is 172 Å². The summed E-state index contributed by atoms with van der Waals surface area (Å²) in [6.45, 7) is 3.31. The lowest BCUT2D eigenvalue weighted by molar-refractivity contribution is -0.148. The summed E-state index contributed by atoms with van der Waals surface area (Å²) in [7, 11) is 4.11. The van der Waals surface area contributed by atoms with Crippen LogP contribution in [0, 0.1) is 16.2 Å². The average Bonchev–Trinajstić information content (AvgIpc) is 4.12. The van der Waals surface area contributed by atoms with E-state index in [0.29, 0.717) is 93.1 Å². The van der Waals surface area contributed by atoms with Crippen molar-refractivity contribution < 1.29 is 29.3 Å². The van der Waals surface area contributed by atoms with Gasteiger partial charge in [-0.1, -0.05) is 72.3 Å². The number of esters is 1. The molecule has 0 aromatic heterocycles. The second-order valence-electron chi connectivity index (χ2n) is 21.3. The van der Waals surface area contributed by atoms with Gasteiger partial charge in [-0.05, 0) is 138 Å². The number of phenolic OH excluding ortho intramolecular Hbond substituents is 1. The van der Waals surface area contributed by atoms with Gasteiger partial charge in [0.1, 0.15) is 11.0 Å². The zero-order chi connectivity index (χ0) is 45.5. The molecule has 14 heteroatoms. The topological polar surface area (TPSA) is 185 Å². The van der Waals surface area contributed by atoms with Crippen LogP contribution in [0.2, 0.25) is 0 Å². The van der Waals surface area contributed by atoms with E-state index in [4.69, 9.17) is 25.9 Å². The number of amides is 1. The van der Waals surface area contributed by atoms with Crippen LogP contribution in [0.15, 0.2) is 40.7 Å². The average molecular weight is 935 g/mol. The normalized spacial score (nSPS) is 30.8. The molecule has 4 atom stereocenters. The molecule has 65 heavy (non-hydrogen) atoms. The molecule has 4 saturated carbocycles. The fourth-order valence-corrected chi connectivity index (χ4v) is 17.2. The number of aromatic hydroxyl groups is 1. The van der Waals surface area contributed by atoms with E-state index in [-0.39, 0.29) is 40.6 Å². The van der Waals surface area contributed by atoms with E-state index in [1.807, 2.05) is 33.9 Å². The Bertz CT molecular complexity index is 1920. The van der Waals surface area contributed by atoms with Crippen LogP contribution in [0.3, 0.4) is 0 Å². The maximum absolute atomic E-state index is 14.3. The number of fused-ring (bicyclic) bond motifs is 5. The molecule has 3 aliphatic heterocycles. The van der Waals surface area contributed by atoms with Crippen molar-refractivity contribution in [1.29, 1.82) is 0 Å². The highest BCUT2D eigenvalue weighted by molar-refractivity contribution is 8.77. The Labute approximate surface area is 396 Å². The minimum absolute atomic E-state index is 0.0254. The van der Waals surface area contributed by atoms with Gasteiger partial charge in [0.15, 0.2) is 17.5 Å². The lowest BCUT2D eigenvalue weighted by atomic mass is 9.77. The van der Waals surface area contributed by atoms with Gasteiger partial charge in [0.25, 0.3) is 0 Å². The molecular weight excluding hydrogens is 857 g/mol. The van der Waals surface area contributed by atoms with Gasteiger partial charge < -0.3 is 46.7 Å². The van der Waals surface area contributed by atoms with Gasteiger partial charge >= 0.3 is 5.97 Å². The number of phenols is 1. The number of carbonyl (C=O) groups is 2. The number of hydrogen-bond donors (Lipinski definition) is 6. The first-order valence-electron chi connectivity index (χ1n) is 25.3. The van der Waals surface area contributed by atoms with Crippen LogP contribution in [0.5, 0.6) is 11.5 Å². The van der Waals surface area contributed by atoms with Crippen molar-refractivity contribution in [3.63, 3.8) is 0 Å². The van der Waals surface area contributed by atoms with E-state index in [2.05, 4.69) is 27.5 Å². The number of guanidine groups is 1. The number of ether oxygens (including phenoxy) is 2. The second kappa shape index (κ2) is 21.4. The first-order chi connectivity index (χ1) is 31.4. The molecule has 8 rings (SSSR count). The molecule has 360 valence electrons. The third-order valence-corrected chi connectivity index (χ3v) is 19.8. The maximum atomic E-state index is 14.3. The van der Waals surface area contributed by atoms with Gasteiger partial charge in [0.2, 0.25) is 5.91 Å². The number of benzene rings is 1. The number of aliphatic hydroxyl groups excluding tert-OH is 1. The van der Waals surface area contributed by atoms with Crippen molar-refractivity contribution in [3.05, 3.63) is 46.8 Å². The third-order valence-electron chi connectivity index (χ3n) is 16.4. The molecule has 4 bridgehead atoms. The summed E-state index contributed by atoms with van der Waals surface area (Å²) in [5, 5.41) is 30.3. The van der Waals surface area contributed by atoms with Crippen molar-refractivity contribution in [3.8, 4) is 11.5 Å². The second-order valence-corrected chi connectivity index (χ2v) is 23.9. The van der Waals surface area contributed by atoms with Crippen LogP contribution in [-0.2, 0) is 27.3 Å². The Morgan fingerprint density at radius 2 is 1.65 bits per heavy atom. The van der Waals surface area contributed by atoms with Gasteiger partial charge in [-0.25, -0.2) is 0 Å². The predicted octanol–water partition coefficient (Wildman–Crippen LogP) is 9.02. The smallest absolute Gasteiger partial charge is 0.302 e. The van der Waals surface area contributed by atoms with Crippen LogP contribution in [0.25, 0.3) is 0 Å². The Kier molecular flexibility index (Phi) is 15.9. The van der Waals surface area contributed by atoms with Gasteiger partial charge in [-0.2, -0.15) is 0 Å². The Hall–Kier alpha value is -3.23. The molecule has 1 aromatic rings. The standard InChI is InChI=1S/C51H78N6O6S2/c1-36(58)62-42-15-14-37-27-39(46(61)43(28-37)63-41-12-2-3-13-41)33-57-34-49(32-45(57)60,31-38-16-25-54-44(52)29-38)24-26-55-47(53)56-51(23-10-22-50(51)20-8-9-21-50)65-64-35-48(18-6-7-19-48)17-5-4-11-40(59)30-42/h16,27-29,40-42,54,59,61H,2-15,17-26,30-35,52H2,1H3,(H3,53,55,56). The zero-order valence-corrected chi connectivity index (χ0v) is 40.8. The SMILES string of the molecule is CC(=O)OC1CCc2cc(c(O)c(OC3CCCC3)c2)CN2CC(CC3=CCNC(N)=C3)(CCN=C(N)NC3(CCCC34CCCC4)SSCC3(CCCCC(O)C1)CCCC3)CC2=O. The highest BCUT2D eigenvalue weighted by Gasteiger charge is 2.57.